The van der Waals surface area contributed by atoms with Crippen LogP contribution in [0.4, 0.5) is 5.69 Å². The number of anilines is 1. The maximum Gasteiger partial charge on any atom is 0.248 e. The molecule has 0 spiro atoms. The molecular formula is C20H23NO4. The van der Waals surface area contributed by atoms with Crippen LogP contribution in [0.5, 0.6) is 17.2 Å². The van der Waals surface area contributed by atoms with Gasteiger partial charge in [0.15, 0.2) is 11.5 Å². The van der Waals surface area contributed by atoms with Gasteiger partial charge < -0.3 is 19.5 Å². The van der Waals surface area contributed by atoms with Gasteiger partial charge in [-0.05, 0) is 43.7 Å². The van der Waals surface area contributed by atoms with Crippen LogP contribution < -0.4 is 19.5 Å². The second-order valence-corrected chi connectivity index (χ2v) is 5.59. The Kier molecular flexibility index (Phi) is 6.06. The van der Waals surface area contributed by atoms with Crippen LogP contribution in [0.15, 0.2) is 36.4 Å². The molecule has 0 radical (unpaired) electrons. The Balaban J connectivity index is 2.19. The predicted octanol–water partition coefficient (Wildman–Crippen LogP) is 3.98. The number of ether oxygens (including phenoxy) is 3. The highest BCUT2D eigenvalue weighted by Crippen LogP contribution is 2.32. The first-order valence-corrected chi connectivity index (χ1v) is 7.84. The maximum absolute atomic E-state index is 12.3. The predicted molar refractivity (Wildman–Crippen MR) is 99.7 cm³/mol. The second-order valence-electron chi connectivity index (χ2n) is 5.59. The zero-order valence-corrected chi connectivity index (χ0v) is 15.2. The average molecular weight is 341 g/mol. The van der Waals surface area contributed by atoms with Gasteiger partial charge in [0.1, 0.15) is 5.75 Å². The summed E-state index contributed by atoms with van der Waals surface area (Å²) in [6.45, 7) is 3.88. The number of hydrogen-bond acceptors (Lipinski definition) is 4. The van der Waals surface area contributed by atoms with E-state index in [1.807, 2.05) is 38.1 Å². The van der Waals surface area contributed by atoms with Crippen molar-refractivity contribution in [2.24, 2.45) is 0 Å². The number of carbonyl (C=O) groups is 1. The smallest absolute Gasteiger partial charge is 0.248 e. The highest BCUT2D eigenvalue weighted by molar-refractivity contribution is 6.02. The van der Waals surface area contributed by atoms with Crippen molar-refractivity contribution < 1.29 is 19.0 Å². The van der Waals surface area contributed by atoms with E-state index in [4.69, 9.17) is 14.2 Å². The number of benzene rings is 2. The first-order valence-electron chi connectivity index (χ1n) is 7.84. The summed E-state index contributed by atoms with van der Waals surface area (Å²) in [5.74, 6) is 1.67. The Morgan fingerprint density at radius 2 is 1.56 bits per heavy atom. The van der Waals surface area contributed by atoms with Gasteiger partial charge in [-0.25, -0.2) is 0 Å². The van der Waals surface area contributed by atoms with Gasteiger partial charge in [-0.3, -0.25) is 4.79 Å². The van der Waals surface area contributed by atoms with E-state index >= 15 is 0 Å². The monoisotopic (exact) mass is 341 g/mol. The van der Waals surface area contributed by atoms with E-state index in [2.05, 4.69) is 5.32 Å². The molecule has 25 heavy (non-hydrogen) atoms. The fourth-order valence-corrected chi connectivity index (χ4v) is 2.44. The zero-order valence-electron chi connectivity index (χ0n) is 15.2. The van der Waals surface area contributed by atoms with E-state index in [1.165, 1.54) is 6.08 Å². The van der Waals surface area contributed by atoms with Crippen molar-refractivity contribution in [3.63, 3.8) is 0 Å². The third-order valence-corrected chi connectivity index (χ3v) is 3.79. The fourth-order valence-electron chi connectivity index (χ4n) is 2.44. The fraction of sp³-hybridized carbons (Fsp3) is 0.250. The van der Waals surface area contributed by atoms with Crippen molar-refractivity contribution in [1.82, 2.24) is 0 Å². The summed E-state index contributed by atoms with van der Waals surface area (Å²) in [7, 11) is 4.74. The van der Waals surface area contributed by atoms with Crippen molar-refractivity contribution in [1.29, 1.82) is 0 Å². The van der Waals surface area contributed by atoms with E-state index in [1.54, 1.807) is 33.5 Å². The summed E-state index contributed by atoms with van der Waals surface area (Å²) in [4.78, 5) is 12.3. The standard InChI is InChI=1S/C20H23NO4/c1-13-6-8-17(23-3)15(10-13)7-9-20(22)21-16-12-19(25-5)18(24-4)11-14(16)2/h6-12H,1-5H3,(H,21,22)/b9-7+. The normalized spacial score (nSPS) is 10.6. The highest BCUT2D eigenvalue weighted by Gasteiger charge is 2.10. The molecule has 0 fully saturated rings. The molecule has 5 heteroatoms. The van der Waals surface area contributed by atoms with Gasteiger partial charge in [0, 0.05) is 23.4 Å². The number of carbonyl (C=O) groups excluding carboxylic acids is 1. The van der Waals surface area contributed by atoms with Crippen LogP contribution in [0.2, 0.25) is 0 Å². The van der Waals surface area contributed by atoms with Crippen LogP contribution in [0.1, 0.15) is 16.7 Å². The lowest BCUT2D eigenvalue weighted by Crippen LogP contribution is -2.09. The van der Waals surface area contributed by atoms with Crippen molar-refractivity contribution >= 4 is 17.7 Å². The summed E-state index contributed by atoms with van der Waals surface area (Å²) in [5, 5.41) is 2.86. The van der Waals surface area contributed by atoms with Crippen LogP contribution in [0, 0.1) is 13.8 Å². The van der Waals surface area contributed by atoms with E-state index < -0.39 is 0 Å². The molecule has 2 aromatic carbocycles. The number of rotatable bonds is 6. The van der Waals surface area contributed by atoms with Crippen LogP contribution in [0.25, 0.3) is 6.08 Å². The molecule has 0 unspecified atom stereocenters. The first-order chi connectivity index (χ1) is 12.0. The SMILES string of the molecule is COc1ccc(C)cc1/C=C/C(=O)Nc1cc(OC)c(OC)cc1C. The lowest BCUT2D eigenvalue weighted by atomic mass is 10.1. The number of hydrogen-bond donors (Lipinski definition) is 1. The summed E-state index contributed by atoms with van der Waals surface area (Å²) in [6.07, 6.45) is 3.21. The molecule has 0 heterocycles. The molecule has 0 aliphatic carbocycles. The molecule has 1 N–H and O–H groups in total. The van der Waals surface area contributed by atoms with Gasteiger partial charge in [-0.1, -0.05) is 11.6 Å². The van der Waals surface area contributed by atoms with Crippen LogP contribution in [-0.2, 0) is 4.79 Å². The van der Waals surface area contributed by atoms with E-state index in [-0.39, 0.29) is 5.91 Å². The zero-order chi connectivity index (χ0) is 18.4. The van der Waals surface area contributed by atoms with Crippen molar-refractivity contribution in [2.45, 2.75) is 13.8 Å². The minimum Gasteiger partial charge on any atom is -0.496 e. The minimum atomic E-state index is -0.237. The maximum atomic E-state index is 12.3. The van der Waals surface area contributed by atoms with Gasteiger partial charge >= 0.3 is 0 Å². The Morgan fingerprint density at radius 1 is 0.920 bits per heavy atom. The minimum absolute atomic E-state index is 0.237. The molecule has 0 saturated carbocycles. The molecule has 132 valence electrons. The van der Waals surface area contributed by atoms with Crippen LogP contribution in [-0.4, -0.2) is 27.2 Å². The number of methoxy groups -OCH3 is 3. The third kappa shape index (κ3) is 4.53. The van der Waals surface area contributed by atoms with Gasteiger partial charge in [0.05, 0.1) is 21.3 Å². The molecule has 0 aliphatic heterocycles. The molecule has 0 saturated heterocycles. The van der Waals surface area contributed by atoms with Gasteiger partial charge in [-0.15, -0.1) is 0 Å². The van der Waals surface area contributed by atoms with E-state index in [0.29, 0.717) is 17.2 Å². The lowest BCUT2D eigenvalue weighted by molar-refractivity contribution is -0.111. The summed E-state index contributed by atoms with van der Waals surface area (Å²) in [5.41, 5.74) is 3.49. The van der Waals surface area contributed by atoms with Crippen molar-refractivity contribution in [3.05, 3.63) is 53.1 Å². The summed E-state index contributed by atoms with van der Waals surface area (Å²) >= 11 is 0. The molecule has 0 aliphatic rings. The van der Waals surface area contributed by atoms with Gasteiger partial charge in [0.25, 0.3) is 0 Å². The topological polar surface area (TPSA) is 56.8 Å². The summed E-state index contributed by atoms with van der Waals surface area (Å²) in [6, 6.07) is 9.37. The number of nitrogens with one attached hydrogen (secondary N) is 1. The molecule has 0 bridgehead atoms. The lowest BCUT2D eigenvalue weighted by Gasteiger charge is -2.13. The largest absolute Gasteiger partial charge is 0.496 e. The van der Waals surface area contributed by atoms with Gasteiger partial charge in [-0.2, -0.15) is 0 Å². The third-order valence-electron chi connectivity index (χ3n) is 3.79. The quantitative estimate of drug-likeness (QED) is 0.808. The Morgan fingerprint density at radius 3 is 2.20 bits per heavy atom. The molecule has 0 atom stereocenters. The number of aryl methyl sites for hydroxylation is 2. The van der Waals surface area contributed by atoms with Crippen molar-refractivity contribution in [2.75, 3.05) is 26.6 Å². The Bertz CT molecular complexity index is 797. The second kappa shape index (κ2) is 8.24. The van der Waals surface area contributed by atoms with Crippen molar-refractivity contribution in [3.8, 4) is 17.2 Å². The molecule has 2 rings (SSSR count). The Hall–Kier alpha value is -2.95. The van der Waals surface area contributed by atoms with E-state index in [9.17, 15) is 4.79 Å². The Labute approximate surface area is 148 Å². The van der Waals surface area contributed by atoms with Gasteiger partial charge in [0.2, 0.25) is 5.91 Å². The molecule has 0 aromatic heterocycles. The summed E-state index contributed by atoms with van der Waals surface area (Å²) < 4.78 is 15.8. The molecule has 2 aromatic rings. The van der Waals surface area contributed by atoms with E-state index in [0.717, 1.165) is 22.4 Å². The van der Waals surface area contributed by atoms with Crippen LogP contribution in [0.3, 0.4) is 0 Å². The van der Waals surface area contributed by atoms with Crippen LogP contribution >= 0.6 is 0 Å². The molecule has 5 nitrogen and oxygen atoms in total. The number of amides is 1. The molecule has 1 amide bonds. The first kappa shape index (κ1) is 18.4. The highest BCUT2D eigenvalue weighted by atomic mass is 16.5. The molecular weight excluding hydrogens is 318 g/mol. The average Bonchev–Trinajstić information content (AvgIpc) is 2.61.